The largest absolute Gasteiger partial charge is 0.480 e. The normalized spacial score (nSPS) is 18.6. The highest BCUT2D eigenvalue weighted by Gasteiger charge is 2.31. The van der Waals surface area contributed by atoms with Gasteiger partial charge in [-0.25, -0.2) is 18.0 Å². The summed E-state index contributed by atoms with van der Waals surface area (Å²) in [5.41, 5.74) is 0. The number of rotatable bonds is 5. The van der Waals surface area contributed by atoms with Crippen LogP contribution in [0.3, 0.4) is 0 Å². The number of carboxylic acids is 1. The molecule has 0 radical (unpaired) electrons. The van der Waals surface area contributed by atoms with Crippen LogP contribution in [0.2, 0.25) is 0 Å². The molecule has 0 aromatic carbocycles. The Morgan fingerprint density at radius 2 is 2.24 bits per heavy atom. The second-order valence-electron chi connectivity index (χ2n) is 4.05. The van der Waals surface area contributed by atoms with Crippen molar-refractivity contribution < 1.29 is 23.1 Å². The molecule has 1 fully saturated rings. The lowest BCUT2D eigenvalue weighted by Crippen LogP contribution is -2.54. The average molecular weight is 264 g/mol. The highest BCUT2D eigenvalue weighted by Crippen LogP contribution is 2.10. The molecule has 0 saturated carbocycles. The maximum absolute atomic E-state index is 11.5. The van der Waals surface area contributed by atoms with Crippen molar-refractivity contribution in [1.29, 1.82) is 0 Å². The van der Waals surface area contributed by atoms with Crippen LogP contribution in [-0.2, 0) is 14.6 Å². The van der Waals surface area contributed by atoms with Gasteiger partial charge in [-0.3, -0.25) is 0 Å². The molecule has 1 heterocycles. The van der Waals surface area contributed by atoms with Gasteiger partial charge in [0.15, 0.2) is 0 Å². The Balaban J connectivity index is 2.71. The standard InChI is InChI=1S/C9H16N2O5S/c1-17(15,16)6-3-7(8(12)13)11-5-2-4-10-9(11)14/h7H,2-6H2,1H3,(H,10,14)(H,12,13). The van der Waals surface area contributed by atoms with E-state index in [1.165, 1.54) is 4.90 Å². The first kappa shape index (κ1) is 13.8. The van der Waals surface area contributed by atoms with E-state index in [-0.39, 0.29) is 12.2 Å². The quantitative estimate of drug-likeness (QED) is 0.682. The number of aliphatic carboxylic acids is 1. The molecule has 0 aromatic heterocycles. The van der Waals surface area contributed by atoms with Crippen LogP contribution in [0.5, 0.6) is 0 Å². The Morgan fingerprint density at radius 3 is 2.71 bits per heavy atom. The maximum Gasteiger partial charge on any atom is 0.326 e. The zero-order chi connectivity index (χ0) is 13.1. The van der Waals surface area contributed by atoms with Crippen LogP contribution in [0.1, 0.15) is 12.8 Å². The molecule has 1 atom stereocenters. The van der Waals surface area contributed by atoms with Crippen LogP contribution < -0.4 is 5.32 Å². The molecule has 2 N–H and O–H groups in total. The highest BCUT2D eigenvalue weighted by molar-refractivity contribution is 7.90. The van der Waals surface area contributed by atoms with E-state index in [0.717, 1.165) is 6.26 Å². The van der Waals surface area contributed by atoms with E-state index in [4.69, 9.17) is 5.11 Å². The minimum Gasteiger partial charge on any atom is -0.480 e. The number of hydrogen-bond acceptors (Lipinski definition) is 4. The molecule has 0 spiro atoms. The van der Waals surface area contributed by atoms with Gasteiger partial charge in [-0.05, 0) is 12.8 Å². The van der Waals surface area contributed by atoms with E-state index >= 15 is 0 Å². The van der Waals surface area contributed by atoms with Gasteiger partial charge in [-0.2, -0.15) is 0 Å². The van der Waals surface area contributed by atoms with Crippen LogP contribution in [0.25, 0.3) is 0 Å². The molecule has 98 valence electrons. The first-order valence-corrected chi connectivity index (χ1v) is 7.32. The molecular weight excluding hydrogens is 248 g/mol. The van der Waals surface area contributed by atoms with Crippen molar-refractivity contribution in [1.82, 2.24) is 10.2 Å². The summed E-state index contributed by atoms with van der Waals surface area (Å²) in [6.07, 6.45) is 1.62. The van der Waals surface area contributed by atoms with Gasteiger partial charge in [0.05, 0.1) is 5.75 Å². The van der Waals surface area contributed by atoms with Gasteiger partial charge in [-0.15, -0.1) is 0 Å². The zero-order valence-electron chi connectivity index (χ0n) is 9.55. The minimum atomic E-state index is -3.23. The van der Waals surface area contributed by atoms with Gasteiger partial charge in [-0.1, -0.05) is 0 Å². The summed E-state index contributed by atoms with van der Waals surface area (Å²) < 4.78 is 22.0. The Morgan fingerprint density at radius 1 is 1.59 bits per heavy atom. The number of urea groups is 1. The lowest BCUT2D eigenvalue weighted by atomic mass is 10.1. The number of nitrogens with zero attached hydrogens (tertiary/aromatic N) is 1. The number of carbonyl (C=O) groups is 2. The topological polar surface area (TPSA) is 104 Å². The summed E-state index contributed by atoms with van der Waals surface area (Å²) in [7, 11) is -3.23. The molecule has 7 nitrogen and oxygen atoms in total. The first-order chi connectivity index (χ1) is 7.81. The molecule has 1 aliphatic rings. The van der Waals surface area contributed by atoms with E-state index in [2.05, 4.69) is 5.32 Å². The molecule has 17 heavy (non-hydrogen) atoms. The molecular formula is C9H16N2O5S. The van der Waals surface area contributed by atoms with Gasteiger partial charge in [0, 0.05) is 19.3 Å². The summed E-state index contributed by atoms with van der Waals surface area (Å²) in [5.74, 6) is -1.42. The van der Waals surface area contributed by atoms with Crippen molar-refractivity contribution >= 4 is 21.8 Å². The zero-order valence-corrected chi connectivity index (χ0v) is 10.4. The summed E-state index contributed by atoms with van der Waals surface area (Å²) in [6.45, 7) is 0.861. The Labute approximate surface area is 99.7 Å². The average Bonchev–Trinajstić information content (AvgIpc) is 2.18. The Hall–Kier alpha value is -1.31. The molecule has 1 aliphatic heterocycles. The smallest absolute Gasteiger partial charge is 0.326 e. The van der Waals surface area contributed by atoms with E-state index in [1.54, 1.807) is 0 Å². The Bertz CT molecular complexity index is 406. The molecule has 8 heteroatoms. The van der Waals surface area contributed by atoms with E-state index < -0.39 is 27.9 Å². The van der Waals surface area contributed by atoms with E-state index in [9.17, 15) is 18.0 Å². The third-order valence-corrected chi connectivity index (χ3v) is 3.51. The fourth-order valence-corrected chi connectivity index (χ4v) is 2.33. The summed E-state index contributed by atoms with van der Waals surface area (Å²) in [6, 6.07) is -1.53. The number of hydrogen-bond donors (Lipinski definition) is 2. The summed E-state index contributed by atoms with van der Waals surface area (Å²) in [5, 5.41) is 11.6. The molecule has 2 amide bonds. The first-order valence-electron chi connectivity index (χ1n) is 5.26. The monoisotopic (exact) mass is 264 g/mol. The second-order valence-corrected chi connectivity index (χ2v) is 6.31. The molecule has 0 aliphatic carbocycles. The van der Waals surface area contributed by atoms with Crippen LogP contribution in [0, 0.1) is 0 Å². The van der Waals surface area contributed by atoms with Crippen LogP contribution >= 0.6 is 0 Å². The molecule has 0 bridgehead atoms. The van der Waals surface area contributed by atoms with Gasteiger partial charge in [0.1, 0.15) is 15.9 Å². The molecule has 1 saturated heterocycles. The molecule has 1 rings (SSSR count). The second kappa shape index (κ2) is 5.35. The van der Waals surface area contributed by atoms with Gasteiger partial charge >= 0.3 is 12.0 Å². The summed E-state index contributed by atoms with van der Waals surface area (Å²) in [4.78, 5) is 23.7. The van der Waals surface area contributed by atoms with E-state index in [1.807, 2.05) is 0 Å². The van der Waals surface area contributed by atoms with Crippen molar-refractivity contribution in [2.75, 3.05) is 25.1 Å². The van der Waals surface area contributed by atoms with Crippen molar-refractivity contribution in [2.24, 2.45) is 0 Å². The minimum absolute atomic E-state index is 0.0818. The third kappa shape index (κ3) is 4.22. The molecule has 1 unspecified atom stereocenters. The van der Waals surface area contributed by atoms with Crippen molar-refractivity contribution in [3.63, 3.8) is 0 Å². The predicted molar refractivity (Wildman–Crippen MR) is 60.5 cm³/mol. The van der Waals surface area contributed by atoms with Crippen LogP contribution in [0.15, 0.2) is 0 Å². The summed E-state index contributed by atoms with van der Waals surface area (Å²) >= 11 is 0. The molecule has 0 aromatic rings. The van der Waals surface area contributed by atoms with Crippen LogP contribution in [-0.4, -0.2) is 61.6 Å². The van der Waals surface area contributed by atoms with Gasteiger partial charge in [0.25, 0.3) is 0 Å². The number of amides is 2. The van der Waals surface area contributed by atoms with E-state index in [0.29, 0.717) is 19.5 Å². The lowest BCUT2D eigenvalue weighted by molar-refractivity contribution is -0.142. The van der Waals surface area contributed by atoms with Crippen molar-refractivity contribution in [3.8, 4) is 0 Å². The number of carbonyl (C=O) groups excluding carboxylic acids is 1. The fraction of sp³-hybridized carbons (Fsp3) is 0.778. The number of sulfone groups is 1. The number of carboxylic acid groups (broad SMARTS) is 1. The highest BCUT2D eigenvalue weighted by atomic mass is 32.2. The third-order valence-electron chi connectivity index (χ3n) is 2.54. The lowest BCUT2D eigenvalue weighted by Gasteiger charge is -2.32. The Kier molecular flexibility index (Phi) is 4.33. The van der Waals surface area contributed by atoms with Crippen molar-refractivity contribution in [3.05, 3.63) is 0 Å². The maximum atomic E-state index is 11.5. The fourth-order valence-electron chi connectivity index (χ4n) is 1.68. The van der Waals surface area contributed by atoms with Crippen molar-refractivity contribution in [2.45, 2.75) is 18.9 Å². The SMILES string of the molecule is CS(=O)(=O)CCC(C(=O)O)N1CCCNC1=O. The van der Waals surface area contributed by atoms with Gasteiger partial charge in [0.2, 0.25) is 0 Å². The van der Waals surface area contributed by atoms with Gasteiger partial charge < -0.3 is 15.3 Å². The number of nitrogens with one attached hydrogen (secondary N) is 1. The van der Waals surface area contributed by atoms with Crippen LogP contribution in [0.4, 0.5) is 4.79 Å². The predicted octanol–water partition coefficient (Wildman–Crippen LogP) is -0.710.